The van der Waals surface area contributed by atoms with Gasteiger partial charge in [-0.15, -0.1) is 11.3 Å². The Balaban J connectivity index is 1.78. The zero-order valence-electron chi connectivity index (χ0n) is 12.4. The highest BCUT2D eigenvalue weighted by Crippen LogP contribution is 2.51. The van der Waals surface area contributed by atoms with Crippen LogP contribution in [0.15, 0.2) is 5.38 Å². The Hall–Kier alpha value is -1.74. The second-order valence-corrected chi connectivity index (χ2v) is 6.85. The molecular weight excluding hydrogens is 300 g/mol. The summed E-state index contributed by atoms with van der Waals surface area (Å²) in [6.45, 7) is 2.00. The van der Waals surface area contributed by atoms with Crippen LogP contribution >= 0.6 is 11.3 Å². The van der Waals surface area contributed by atoms with Crippen LogP contribution in [-0.4, -0.2) is 23.3 Å². The number of fused-ring (bicyclic) bond motifs is 2. The number of ketones is 1. The Bertz CT molecular complexity index is 614. The number of nitriles is 1. The van der Waals surface area contributed by atoms with Gasteiger partial charge in [0.2, 0.25) is 0 Å². The molecule has 6 heteroatoms. The Morgan fingerprint density at radius 2 is 2.05 bits per heavy atom. The van der Waals surface area contributed by atoms with E-state index < -0.39 is 11.9 Å². The minimum Gasteiger partial charge on any atom is -0.461 e. The van der Waals surface area contributed by atoms with Crippen LogP contribution in [0.1, 0.15) is 54.0 Å². The number of ether oxygens (including phenoxy) is 1. The normalized spacial score (nSPS) is 27.4. The molecule has 0 spiro atoms. The molecule has 1 aromatic rings. The quantitative estimate of drug-likeness (QED) is 0.780. The fourth-order valence-electron chi connectivity index (χ4n) is 3.86. The van der Waals surface area contributed by atoms with E-state index in [1.165, 1.54) is 11.3 Å². The second kappa shape index (κ2) is 6.17. The summed E-state index contributed by atoms with van der Waals surface area (Å²) < 4.78 is 4.90. The number of Topliss-reactive ketones (excluding diaryl/α,β-unsaturated/α-hetero) is 1. The van der Waals surface area contributed by atoms with Gasteiger partial charge in [-0.1, -0.05) is 0 Å². The number of hydrogen-bond acceptors (Lipinski definition) is 6. The molecule has 2 bridgehead atoms. The van der Waals surface area contributed by atoms with Crippen LogP contribution in [0.2, 0.25) is 0 Å². The summed E-state index contributed by atoms with van der Waals surface area (Å²) in [6.07, 6.45) is 4.41. The number of aromatic nitrogens is 1. The van der Waals surface area contributed by atoms with Crippen molar-refractivity contribution in [2.24, 2.45) is 17.8 Å². The van der Waals surface area contributed by atoms with Gasteiger partial charge in [0, 0.05) is 11.3 Å². The Morgan fingerprint density at radius 1 is 1.41 bits per heavy atom. The van der Waals surface area contributed by atoms with E-state index in [2.05, 4.69) is 11.1 Å². The van der Waals surface area contributed by atoms with Crippen molar-refractivity contribution >= 4 is 23.1 Å². The van der Waals surface area contributed by atoms with Crippen molar-refractivity contribution in [1.29, 1.82) is 5.26 Å². The predicted molar refractivity (Wildman–Crippen MR) is 80.4 cm³/mol. The Labute approximate surface area is 133 Å². The molecule has 1 aromatic heterocycles. The molecule has 1 heterocycles. The molecular formula is C16H18N2O3S. The first-order valence-electron chi connectivity index (χ1n) is 7.71. The third-order valence-corrected chi connectivity index (χ3v) is 5.74. The standard InChI is InChI=1S/C16H18N2O3S/c1-2-21-16(20)12-8-22-15(18-12)11(7-17)14(19)13-9-3-4-10(13)6-5-9/h8-11,13H,2-6H2,1H3. The van der Waals surface area contributed by atoms with Crippen LogP contribution in [0, 0.1) is 29.1 Å². The SMILES string of the molecule is CCOC(=O)c1csc(C(C#N)C(=O)C2C3CCC2CC3)n1. The largest absolute Gasteiger partial charge is 0.461 e. The molecule has 2 aliphatic rings. The van der Waals surface area contributed by atoms with E-state index in [1.807, 2.05) is 0 Å². The maximum atomic E-state index is 12.8. The number of hydrogen-bond donors (Lipinski definition) is 0. The number of thiazole rings is 1. The zero-order valence-corrected chi connectivity index (χ0v) is 13.3. The summed E-state index contributed by atoms with van der Waals surface area (Å²) in [5.74, 6) is -0.456. The van der Waals surface area contributed by atoms with Crippen molar-refractivity contribution in [2.45, 2.75) is 38.5 Å². The number of rotatable bonds is 5. The molecule has 1 unspecified atom stereocenters. The molecule has 5 nitrogen and oxygen atoms in total. The van der Waals surface area contributed by atoms with Crippen LogP contribution in [0.5, 0.6) is 0 Å². The second-order valence-electron chi connectivity index (χ2n) is 5.96. The maximum absolute atomic E-state index is 12.8. The minimum absolute atomic E-state index is 0.00254. The maximum Gasteiger partial charge on any atom is 0.357 e. The summed E-state index contributed by atoms with van der Waals surface area (Å²) >= 11 is 1.19. The first kappa shape index (κ1) is 15.2. The molecule has 3 rings (SSSR count). The van der Waals surface area contributed by atoms with Gasteiger partial charge in [-0.3, -0.25) is 4.79 Å². The van der Waals surface area contributed by atoms with Gasteiger partial charge in [0.15, 0.2) is 17.4 Å². The molecule has 2 saturated carbocycles. The van der Waals surface area contributed by atoms with Crippen molar-refractivity contribution in [3.8, 4) is 6.07 Å². The molecule has 2 fully saturated rings. The molecule has 1 atom stereocenters. The monoisotopic (exact) mass is 318 g/mol. The van der Waals surface area contributed by atoms with Gasteiger partial charge in [0.1, 0.15) is 5.01 Å². The van der Waals surface area contributed by atoms with Crippen LogP contribution in [0.25, 0.3) is 0 Å². The lowest BCUT2D eigenvalue weighted by atomic mass is 9.86. The molecule has 2 aliphatic carbocycles. The molecule has 0 radical (unpaired) electrons. The van der Waals surface area contributed by atoms with Crippen LogP contribution in [0.4, 0.5) is 0 Å². The summed E-state index contributed by atoms with van der Waals surface area (Å²) in [5.41, 5.74) is 0.185. The highest BCUT2D eigenvalue weighted by molar-refractivity contribution is 7.10. The van der Waals surface area contributed by atoms with E-state index in [9.17, 15) is 14.9 Å². The van der Waals surface area contributed by atoms with Gasteiger partial charge in [-0.2, -0.15) is 5.26 Å². The number of carbonyl (C=O) groups excluding carboxylic acids is 2. The molecule has 116 valence electrons. The summed E-state index contributed by atoms with van der Waals surface area (Å²) in [5, 5.41) is 11.4. The van der Waals surface area contributed by atoms with Crippen molar-refractivity contribution in [3.63, 3.8) is 0 Å². The molecule has 0 amide bonds. The van der Waals surface area contributed by atoms with E-state index in [0.717, 1.165) is 25.7 Å². The molecule has 0 aliphatic heterocycles. The highest BCUT2D eigenvalue weighted by Gasteiger charge is 2.48. The van der Waals surface area contributed by atoms with Crippen LogP contribution in [-0.2, 0) is 9.53 Å². The van der Waals surface area contributed by atoms with Crippen LogP contribution in [0.3, 0.4) is 0 Å². The first-order chi connectivity index (χ1) is 10.7. The first-order valence-corrected chi connectivity index (χ1v) is 8.59. The topological polar surface area (TPSA) is 80.0 Å². The van der Waals surface area contributed by atoms with Crippen molar-refractivity contribution in [3.05, 3.63) is 16.1 Å². The third-order valence-electron chi connectivity index (χ3n) is 4.83. The van der Waals surface area contributed by atoms with Gasteiger partial charge in [-0.05, 0) is 44.4 Å². The number of esters is 1. The highest BCUT2D eigenvalue weighted by atomic mass is 32.1. The summed E-state index contributed by atoms with van der Waals surface area (Å²) in [7, 11) is 0. The van der Waals surface area contributed by atoms with Gasteiger partial charge < -0.3 is 4.74 Å². The third kappa shape index (κ3) is 2.54. The van der Waals surface area contributed by atoms with Crippen LogP contribution < -0.4 is 0 Å². The average Bonchev–Trinajstić information content (AvgIpc) is 3.23. The van der Waals surface area contributed by atoms with Gasteiger partial charge in [0.25, 0.3) is 0 Å². The van der Waals surface area contributed by atoms with Crippen molar-refractivity contribution in [1.82, 2.24) is 4.98 Å². The molecule has 0 N–H and O–H groups in total. The van der Waals surface area contributed by atoms with E-state index in [1.54, 1.807) is 12.3 Å². The Kier molecular flexibility index (Phi) is 4.25. The van der Waals surface area contributed by atoms with E-state index in [4.69, 9.17) is 4.74 Å². The summed E-state index contributed by atoms with van der Waals surface area (Å²) in [6, 6.07) is 2.09. The average molecular weight is 318 g/mol. The van der Waals surface area contributed by atoms with Crippen molar-refractivity contribution in [2.75, 3.05) is 6.61 Å². The van der Waals surface area contributed by atoms with E-state index >= 15 is 0 Å². The smallest absolute Gasteiger partial charge is 0.357 e. The number of carbonyl (C=O) groups is 2. The number of nitrogens with zero attached hydrogens (tertiary/aromatic N) is 2. The van der Waals surface area contributed by atoms with E-state index in [0.29, 0.717) is 16.8 Å². The molecule has 0 saturated heterocycles. The lowest BCUT2D eigenvalue weighted by molar-refractivity contribution is -0.124. The fraction of sp³-hybridized carbons (Fsp3) is 0.625. The Morgan fingerprint density at radius 3 is 2.59 bits per heavy atom. The van der Waals surface area contributed by atoms with E-state index in [-0.39, 0.29) is 24.0 Å². The molecule has 0 aromatic carbocycles. The predicted octanol–water partition coefficient (Wildman–Crippen LogP) is 2.93. The fourth-order valence-corrected chi connectivity index (χ4v) is 4.70. The lowest BCUT2D eigenvalue weighted by Gasteiger charge is -2.16. The summed E-state index contributed by atoms with van der Waals surface area (Å²) in [4.78, 5) is 28.6. The lowest BCUT2D eigenvalue weighted by Crippen LogP contribution is -2.25. The van der Waals surface area contributed by atoms with Crippen molar-refractivity contribution < 1.29 is 14.3 Å². The zero-order chi connectivity index (χ0) is 15.7. The molecule has 22 heavy (non-hydrogen) atoms. The van der Waals surface area contributed by atoms with Gasteiger partial charge in [0.05, 0.1) is 12.7 Å². The van der Waals surface area contributed by atoms with Gasteiger partial charge >= 0.3 is 5.97 Å². The minimum atomic E-state index is -0.848. The van der Waals surface area contributed by atoms with Gasteiger partial charge in [-0.25, -0.2) is 9.78 Å².